The van der Waals surface area contributed by atoms with Gasteiger partial charge in [0.2, 0.25) is 17.4 Å². The average Bonchev–Trinajstić information content (AvgIpc) is 3.17. The molecular formula is C42H39F4O5S2+. The number of benzene rings is 5. The molecule has 2 aliphatic carbocycles. The van der Waals surface area contributed by atoms with E-state index in [0.717, 1.165) is 78.9 Å². The fourth-order valence-corrected chi connectivity index (χ4v) is 10.3. The van der Waals surface area contributed by atoms with Gasteiger partial charge >= 0.3 is 10.1 Å². The molecule has 0 amide bonds. The van der Waals surface area contributed by atoms with Crippen LogP contribution in [-0.2, 0) is 21.0 Å². The summed E-state index contributed by atoms with van der Waals surface area (Å²) in [5, 5.41) is 0. The summed E-state index contributed by atoms with van der Waals surface area (Å²) in [5.74, 6) is -9.05. The molecule has 0 bridgehead atoms. The third kappa shape index (κ3) is 7.98. The van der Waals surface area contributed by atoms with Crippen molar-refractivity contribution < 1.29 is 40.0 Å². The van der Waals surface area contributed by atoms with E-state index in [1.807, 2.05) is 54.6 Å². The largest absolute Gasteiger partial charge is 0.457 e. The van der Waals surface area contributed by atoms with Crippen LogP contribution in [-0.4, -0.2) is 13.0 Å². The Balaban J connectivity index is 1.34. The number of hydrogen-bond acceptors (Lipinski definition) is 4. The van der Waals surface area contributed by atoms with Crippen LogP contribution in [0.1, 0.15) is 87.2 Å². The summed E-state index contributed by atoms with van der Waals surface area (Å²) in [7, 11) is -6.05. The van der Waals surface area contributed by atoms with E-state index in [0.29, 0.717) is 22.6 Å². The molecule has 0 aliphatic heterocycles. The van der Waals surface area contributed by atoms with E-state index in [9.17, 15) is 13.0 Å². The third-order valence-corrected chi connectivity index (χ3v) is 13.2. The highest BCUT2D eigenvalue weighted by atomic mass is 32.2. The maximum absolute atomic E-state index is 15.5. The van der Waals surface area contributed by atoms with Crippen molar-refractivity contribution >= 4 is 21.0 Å². The molecule has 0 radical (unpaired) electrons. The minimum atomic E-state index is -5.63. The highest BCUT2D eigenvalue weighted by molar-refractivity contribution is 7.97. The van der Waals surface area contributed by atoms with Crippen molar-refractivity contribution in [3.05, 3.63) is 131 Å². The van der Waals surface area contributed by atoms with E-state index in [-0.39, 0.29) is 17.6 Å². The minimum absolute atomic E-state index is 0.0933. The molecule has 0 atom stereocenters. The van der Waals surface area contributed by atoms with Gasteiger partial charge in [-0.3, -0.25) is 4.55 Å². The Hall–Kier alpha value is -4.32. The first-order chi connectivity index (χ1) is 25.6. The highest BCUT2D eigenvalue weighted by Gasteiger charge is 2.36. The van der Waals surface area contributed by atoms with Gasteiger partial charge in [0.1, 0.15) is 17.2 Å². The van der Waals surface area contributed by atoms with Crippen LogP contribution in [0.15, 0.2) is 117 Å². The van der Waals surface area contributed by atoms with Crippen LogP contribution >= 0.6 is 0 Å². The van der Waals surface area contributed by atoms with Crippen LogP contribution in [0.4, 0.5) is 17.6 Å². The maximum atomic E-state index is 15.5. The second kappa shape index (κ2) is 16.0. The van der Waals surface area contributed by atoms with Crippen LogP contribution in [0.2, 0.25) is 0 Å². The normalized spacial score (nSPS) is 15.8. The Morgan fingerprint density at radius 3 is 1.47 bits per heavy atom. The number of rotatable bonds is 10. The van der Waals surface area contributed by atoms with Gasteiger partial charge in [0.05, 0.1) is 10.9 Å². The summed E-state index contributed by atoms with van der Waals surface area (Å²) >= 11 is 0. The second-order valence-corrected chi connectivity index (χ2v) is 17.0. The van der Waals surface area contributed by atoms with Crippen molar-refractivity contribution in [2.75, 3.05) is 0 Å². The summed E-state index contributed by atoms with van der Waals surface area (Å²) < 4.78 is 106. The van der Waals surface area contributed by atoms with E-state index >= 15 is 17.6 Å². The molecule has 5 nitrogen and oxygen atoms in total. The standard InChI is InChI=1S/C42H38F4O5S2/c43-36-38(45)42(53(47,48)49)39(46)37(44)41(36)51-40-34(27-14-5-1-6-15-27)25-30(26-35(40)28-16-7-2-8-17-28)50-29-18-13-23-33(24-29)52(31-19-9-3-10-20-31)32-21-11-4-12-22-32/h3-4,9-13,18-28H,1-2,5-8,14-17H2/p+1. The van der Waals surface area contributed by atoms with Gasteiger partial charge in [0.25, 0.3) is 0 Å². The molecule has 0 unspecified atom stereocenters. The Morgan fingerprint density at radius 1 is 0.528 bits per heavy atom. The molecule has 5 aromatic rings. The Morgan fingerprint density at radius 2 is 1.00 bits per heavy atom. The predicted octanol–water partition coefficient (Wildman–Crippen LogP) is 12.3. The first-order valence-corrected chi connectivity index (χ1v) is 20.6. The summed E-state index contributed by atoms with van der Waals surface area (Å²) in [5.41, 5.74) is 1.21. The lowest BCUT2D eigenvalue weighted by molar-refractivity contribution is 0.334. The van der Waals surface area contributed by atoms with E-state index in [1.54, 1.807) is 12.1 Å². The van der Waals surface area contributed by atoms with Gasteiger partial charge in [-0.25, -0.2) is 8.78 Å². The molecule has 2 aliphatic rings. The van der Waals surface area contributed by atoms with Crippen molar-refractivity contribution in [2.24, 2.45) is 0 Å². The Kier molecular flexibility index (Phi) is 11.1. The fraction of sp³-hybridized carbons (Fsp3) is 0.286. The van der Waals surface area contributed by atoms with Crippen molar-refractivity contribution in [3.63, 3.8) is 0 Å². The first-order valence-electron chi connectivity index (χ1n) is 17.9. The van der Waals surface area contributed by atoms with Crippen LogP contribution in [0.3, 0.4) is 0 Å². The van der Waals surface area contributed by atoms with Gasteiger partial charge in [-0.05, 0) is 86.1 Å². The summed E-state index contributed by atoms with van der Waals surface area (Å²) in [4.78, 5) is 1.23. The molecule has 276 valence electrons. The van der Waals surface area contributed by atoms with Crippen molar-refractivity contribution in [1.29, 1.82) is 0 Å². The number of ether oxygens (including phenoxy) is 2. The molecule has 5 aromatic carbocycles. The topological polar surface area (TPSA) is 72.8 Å². The molecule has 0 aromatic heterocycles. The van der Waals surface area contributed by atoms with E-state index in [4.69, 9.17) is 9.47 Å². The lowest BCUT2D eigenvalue weighted by Crippen LogP contribution is -2.14. The van der Waals surface area contributed by atoms with Gasteiger partial charge in [0, 0.05) is 17.2 Å². The van der Waals surface area contributed by atoms with Crippen LogP contribution in [0, 0.1) is 23.3 Å². The lowest BCUT2D eigenvalue weighted by atomic mass is 9.79. The zero-order valence-corrected chi connectivity index (χ0v) is 30.5. The smallest absolute Gasteiger partial charge is 0.300 e. The van der Waals surface area contributed by atoms with Gasteiger partial charge in [0.15, 0.2) is 31.2 Å². The molecule has 7 rings (SSSR count). The predicted molar refractivity (Wildman–Crippen MR) is 196 cm³/mol. The summed E-state index contributed by atoms with van der Waals surface area (Å²) in [6, 6.07) is 32.0. The molecule has 1 N–H and O–H groups in total. The van der Waals surface area contributed by atoms with E-state index in [1.165, 1.54) is 0 Å². The number of hydrogen-bond donors (Lipinski definition) is 1. The lowest BCUT2D eigenvalue weighted by Gasteiger charge is -2.30. The Bertz CT molecular complexity index is 2080. The van der Waals surface area contributed by atoms with Crippen molar-refractivity contribution in [1.82, 2.24) is 0 Å². The molecule has 53 heavy (non-hydrogen) atoms. The van der Waals surface area contributed by atoms with Crippen LogP contribution < -0.4 is 9.47 Å². The highest BCUT2D eigenvalue weighted by Crippen LogP contribution is 2.49. The SMILES string of the molecule is O=S(=O)(O)c1c(F)c(F)c(Oc2c(C3CCCCC3)cc(Oc3cccc([S+](c4ccccc4)c4ccccc4)c3)cc2C2CCCCC2)c(F)c1F. The van der Waals surface area contributed by atoms with Gasteiger partial charge in [-0.15, -0.1) is 0 Å². The monoisotopic (exact) mass is 763 g/mol. The molecule has 0 saturated heterocycles. The second-order valence-electron chi connectivity index (χ2n) is 13.6. The maximum Gasteiger partial charge on any atom is 0.300 e. The third-order valence-electron chi connectivity index (χ3n) is 10.1. The van der Waals surface area contributed by atoms with Crippen LogP contribution in [0.25, 0.3) is 0 Å². The zero-order valence-electron chi connectivity index (χ0n) is 28.9. The summed E-state index contributed by atoms with van der Waals surface area (Å²) in [6.07, 6.45) is 8.70. The van der Waals surface area contributed by atoms with Crippen molar-refractivity contribution in [2.45, 2.75) is 95.6 Å². The Labute approximate surface area is 310 Å². The average molecular weight is 764 g/mol. The van der Waals surface area contributed by atoms with Gasteiger partial charge in [-0.2, -0.15) is 17.2 Å². The van der Waals surface area contributed by atoms with E-state index in [2.05, 4.69) is 30.3 Å². The fourth-order valence-electron chi connectivity index (χ4n) is 7.59. The molecular weight excluding hydrogens is 725 g/mol. The molecule has 2 fully saturated rings. The zero-order chi connectivity index (χ0) is 37.1. The first kappa shape index (κ1) is 37.0. The minimum Gasteiger partial charge on any atom is -0.457 e. The van der Waals surface area contributed by atoms with Gasteiger partial charge in [-0.1, -0.05) is 81.0 Å². The molecule has 0 heterocycles. The van der Waals surface area contributed by atoms with E-state index < -0.39 is 54.9 Å². The quantitative estimate of drug-likeness (QED) is 0.0664. The summed E-state index contributed by atoms with van der Waals surface area (Å²) in [6.45, 7) is 0. The van der Waals surface area contributed by atoms with Crippen molar-refractivity contribution in [3.8, 4) is 23.0 Å². The molecule has 0 spiro atoms. The molecule has 2 saturated carbocycles. The molecule has 11 heteroatoms. The van der Waals surface area contributed by atoms with Gasteiger partial charge < -0.3 is 9.47 Å². The van der Waals surface area contributed by atoms with Crippen LogP contribution in [0.5, 0.6) is 23.0 Å². The number of halogens is 4.